The molecule has 3 rings (SSSR count). The molecule has 0 aliphatic carbocycles. The molecular formula is C26H30N2O2. The van der Waals surface area contributed by atoms with Gasteiger partial charge in [-0.25, -0.2) is 0 Å². The lowest BCUT2D eigenvalue weighted by Crippen LogP contribution is -2.06. The lowest BCUT2D eigenvalue weighted by molar-refractivity contribution is 0.0962. The molecule has 1 heterocycles. The van der Waals surface area contributed by atoms with Crippen molar-refractivity contribution in [3.8, 4) is 5.75 Å². The van der Waals surface area contributed by atoms with Crippen LogP contribution < -0.4 is 10.1 Å². The minimum Gasteiger partial charge on any atom is -0.487 e. The van der Waals surface area contributed by atoms with Crippen LogP contribution in [0.5, 0.6) is 5.75 Å². The molecule has 1 unspecified atom stereocenters. The van der Waals surface area contributed by atoms with Crippen LogP contribution in [0.25, 0.3) is 0 Å². The summed E-state index contributed by atoms with van der Waals surface area (Å²) in [5.41, 5.74) is 4.63. The zero-order valence-corrected chi connectivity index (χ0v) is 18.0. The van der Waals surface area contributed by atoms with Gasteiger partial charge in [0, 0.05) is 29.6 Å². The van der Waals surface area contributed by atoms with E-state index in [1.54, 1.807) is 6.20 Å². The van der Waals surface area contributed by atoms with E-state index in [2.05, 4.69) is 24.1 Å². The predicted octanol–water partition coefficient (Wildman–Crippen LogP) is 6.72. The molecule has 0 saturated heterocycles. The molecule has 1 N–H and O–H groups in total. The number of hydrogen-bond donors (Lipinski definition) is 1. The van der Waals surface area contributed by atoms with Crippen molar-refractivity contribution in [2.45, 2.75) is 46.6 Å². The van der Waals surface area contributed by atoms with E-state index in [4.69, 9.17) is 4.74 Å². The van der Waals surface area contributed by atoms with Crippen molar-refractivity contribution in [3.63, 3.8) is 0 Å². The van der Waals surface area contributed by atoms with Crippen LogP contribution in [0, 0.1) is 12.8 Å². The number of benzene rings is 2. The first-order valence-corrected chi connectivity index (χ1v) is 10.6. The summed E-state index contributed by atoms with van der Waals surface area (Å²) in [5, 5.41) is 3.43. The number of nitrogens with one attached hydrogen (secondary N) is 1. The van der Waals surface area contributed by atoms with Crippen LogP contribution in [0.1, 0.15) is 54.7 Å². The first-order valence-electron chi connectivity index (χ1n) is 10.6. The molecule has 0 aliphatic heterocycles. The molecule has 0 aliphatic rings. The normalized spacial score (nSPS) is 11.7. The molecule has 0 amide bonds. The monoisotopic (exact) mass is 402 g/mol. The Bertz CT molecular complexity index is 970. The number of hydrogen-bond acceptors (Lipinski definition) is 4. The average molecular weight is 403 g/mol. The number of ether oxygens (including phenoxy) is 1. The Morgan fingerprint density at radius 1 is 1.10 bits per heavy atom. The van der Waals surface area contributed by atoms with E-state index < -0.39 is 0 Å². The standard InChI is InChI=1S/C26H30N2O2/c1-4-8-19(2)15-26(29)21-9-7-11-22(17-21)28-25-13-12-24(16-20(25)3)30-18-23-10-5-6-14-27-23/h5-7,9-14,16-17,19,28H,4,8,15,18H2,1-3H3. The minimum absolute atomic E-state index is 0.203. The van der Waals surface area contributed by atoms with Crippen molar-refractivity contribution in [1.29, 1.82) is 0 Å². The number of ketones is 1. The van der Waals surface area contributed by atoms with Gasteiger partial charge in [-0.1, -0.05) is 44.9 Å². The molecule has 4 nitrogen and oxygen atoms in total. The van der Waals surface area contributed by atoms with E-state index >= 15 is 0 Å². The van der Waals surface area contributed by atoms with Gasteiger partial charge in [-0.15, -0.1) is 0 Å². The van der Waals surface area contributed by atoms with Gasteiger partial charge in [-0.2, -0.15) is 0 Å². The molecule has 0 saturated carbocycles. The number of aryl methyl sites for hydroxylation is 1. The van der Waals surface area contributed by atoms with Gasteiger partial charge >= 0.3 is 0 Å². The van der Waals surface area contributed by atoms with E-state index in [1.165, 1.54) is 0 Å². The van der Waals surface area contributed by atoms with Gasteiger partial charge in [-0.05, 0) is 60.9 Å². The van der Waals surface area contributed by atoms with Crippen molar-refractivity contribution < 1.29 is 9.53 Å². The molecule has 0 fully saturated rings. The molecule has 156 valence electrons. The third-order valence-corrected chi connectivity index (χ3v) is 5.09. The van der Waals surface area contributed by atoms with Crippen LogP contribution in [-0.4, -0.2) is 10.8 Å². The Morgan fingerprint density at radius 3 is 2.70 bits per heavy atom. The fourth-order valence-electron chi connectivity index (χ4n) is 3.46. The van der Waals surface area contributed by atoms with E-state index in [1.807, 2.05) is 67.6 Å². The Kier molecular flexibility index (Phi) is 7.61. The predicted molar refractivity (Wildman–Crippen MR) is 122 cm³/mol. The number of nitrogens with zero attached hydrogens (tertiary/aromatic N) is 1. The number of Topliss-reactive ketones (excluding diaryl/α,β-unsaturated/α-hetero) is 1. The van der Waals surface area contributed by atoms with Crippen molar-refractivity contribution in [2.24, 2.45) is 5.92 Å². The third-order valence-electron chi connectivity index (χ3n) is 5.09. The molecular weight excluding hydrogens is 372 g/mol. The second-order valence-electron chi connectivity index (χ2n) is 7.81. The smallest absolute Gasteiger partial charge is 0.163 e. The lowest BCUT2D eigenvalue weighted by Gasteiger charge is -2.13. The fourth-order valence-corrected chi connectivity index (χ4v) is 3.46. The molecule has 1 aromatic heterocycles. The van der Waals surface area contributed by atoms with Gasteiger partial charge in [0.25, 0.3) is 0 Å². The number of pyridine rings is 1. The Hall–Kier alpha value is -3.14. The summed E-state index contributed by atoms with van der Waals surface area (Å²) in [4.78, 5) is 16.9. The van der Waals surface area contributed by atoms with Crippen LogP contribution in [-0.2, 0) is 6.61 Å². The maximum Gasteiger partial charge on any atom is 0.163 e. The largest absolute Gasteiger partial charge is 0.487 e. The Balaban J connectivity index is 1.64. The van der Waals surface area contributed by atoms with Gasteiger partial charge in [-0.3, -0.25) is 9.78 Å². The zero-order valence-electron chi connectivity index (χ0n) is 18.0. The highest BCUT2D eigenvalue weighted by Crippen LogP contribution is 2.26. The second-order valence-corrected chi connectivity index (χ2v) is 7.81. The first kappa shape index (κ1) is 21.6. The van der Waals surface area contributed by atoms with Crippen molar-refractivity contribution in [2.75, 3.05) is 5.32 Å². The second kappa shape index (κ2) is 10.6. The number of aromatic nitrogens is 1. The molecule has 1 atom stereocenters. The number of carbonyl (C=O) groups is 1. The van der Waals surface area contributed by atoms with E-state index in [9.17, 15) is 4.79 Å². The summed E-state index contributed by atoms with van der Waals surface area (Å²) < 4.78 is 5.85. The van der Waals surface area contributed by atoms with E-state index in [-0.39, 0.29) is 5.78 Å². The summed E-state index contributed by atoms with van der Waals surface area (Å²) in [7, 11) is 0. The summed E-state index contributed by atoms with van der Waals surface area (Å²) in [6.07, 6.45) is 4.55. The van der Waals surface area contributed by atoms with Crippen LogP contribution >= 0.6 is 0 Å². The molecule has 0 spiro atoms. The van der Waals surface area contributed by atoms with Crippen molar-refractivity contribution >= 4 is 17.2 Å². The topological polar surface area (TPSA) is 51.2 Å². The summed E-state index contributed by atoms with van der Waals surface area (Å²) in [5.74, 6) is 1.42. The van der Waals surface area contributed by atoms with E-state index in [0.29, 0.717) is 18.9 Å². The van der Waals surface area contributed by atoms with Crippen LogP contribution in [0.3, 0.4) is 0 Å². The van der Waals surface area contributed by atoms with E-state index in [0.717, 1.165) is 46.8 Å². The molecule has 4 heteroatoms. The summed E-state index contributed by atoms with van der Waals surface area (Å²) >= 11 is 0. The Labute approximate surface area is 179 Å². The summed E-state index contributed by atoms with van der Waals surface area (Å²) in [6.45, 7) is 6.78. The maximum atomic E-state index is 12.6. The minimum atomic E-state index is 0.203. The Morgan fingerprint density at radius 2 is 1.97 bits per heavy atom. The highest BCUT2D eigenvalue weighted by atomic mass is 16.5. The number of anilines is 2. The van der Waals surface area contributed by atoms with Gasteiger partial charge in [0.15, 0.2) is 5.78 Å². The first-order chi connectivity index (χ1) is 14.5. The molecule has 30 heavy (non-hydrogen) atoms. The lowest BCUT2D eigenvalue weighted by atomic mass is 9.96. The van der Waals surface area contributed by atoms with Crippen LogP contribution in [0.15, 0.2) is 66.9 Å². The number of rotatable bonds is 10. The van der Waals surface area contributed by atoms with Crippen LogP contribution in [0.4, 0.5) is 11.4 Å². The van der Waals surface area contributed by atoms with Gasteiger partial charge in [0.05, 0.1) is 5.69 Å². The fraction of sp³-hybridized carbons (Fsp3) is 0.308. The highest BCUT2D eigenvalue weighted by Gasteiger charge is 2.12. The average Bonchev–Trinajstić information content (AvgIpc) is 2.75. The highest BCUT2D eigenvalue weighted by molar-refractivity contribution is 5.97. The SMILES string of the molecule is CCCC(C)CC(=O)c1cccc(Nc2ccc(OCc3ccccn3)cc2C)c1. The zero-order chi connectivity index (χ0) is 21.3. The van der Waals surface area contributed by atoms with Crippen LogP contribution in [0.2, 0.25) is 0 Å². The van der Waals surface area contributed by atoms with Crippen molar-refractivity contribution in [1.82, 2.24) is 4.98 Å². The van der Waals surface area contributed by atoms with Gasteiger partial charge < -0.3 is 10.1 Å². The maximum absolute atomic E-state index is 12.6. The molecule has 0 radical (unpaired) electrons. The number of carbonyl (C=O) groups excluding carboxylic acids is 1. The third kappa shape index (κ3) is 6.18. The van der Waals surface area contributed by atoms with Gasteiger partial charge in [0.2, 0.25) is 0 Å². The molecule has 2 aromatic carbocycles. The molecule has 3 aromatic rings. The molecule has 0 bridgehead atoms. The van der Waals surface area contributed by atoms with Crippen molar-refractivity contribution in [3.05, 3.63) is 83.7 Å². The van der Waals surface area contributed by atoms with Gasteiger partial charge in [0.1, 0.15) is 12.4 Å². The summed E-state index contributed by atoms with van der Waals surface area (Å²) in [6, 6.07) is 19.5. The quantitative estimate of drug-likeness (QED) is 0.382.